The Morgan fingerprint density at radius 1 is 1.32 bits per heavy atom. The van der Waals surface area contributed by atoms with Crippen LogP contribution in [0.2, 0.25) is 0 Å². The van der Waals surface area contributed by atoms with Crippen LogP contribution in [0.15, 0.2) is 24.3 Å². The second-order valence-electron chi connectivity index (χ2n) is 7.19. The number of amides is 1. The van der Waals surface area contributed by atoms with Crippen LogP contribution < -0.4 is 5.73 Å². The van der Waals surface area contributed by atoms with Crippen molar-refractivity contribution in [3.05, 3.63) is 29.8 Å². The Balaban J connectivity index is 1.74. The van der Waals surface area contributed by atoms with Crippen LogP contribution in [-0.4, -0.2) is 29.7 Å². The molecule has 1 heterocycles. The van der Waals surface area contributed by atoms with E-state index < -0.39 is 5.60 Å². The molecule has 0 radical (unpaired) electrons. The Morgan fingerprint density at radius 2 is 2.00 bits per heavy atom. The van der Waals surface area contributed by atoms with Crippen LogP contribution in [0, 0.1) is 5.92 Å². The summed E-state index contributed by atoms with van der Waals surface area (Å²) in [7, 11) is 0. The molecule has 1 amide bonds. The van der Waals surface area contributed by atoms with Gasteiger partial charge in [-0.15, -0.1) is 0 Å². The molecule has 0 unspecified atom stereocenters. The van der Waals surface area contributed by atoms with Crippen molar-refractivity contribution in [3.63, 3.8) is 0 Å². The number of carbonyl (C=O) groups is 1. The minimum absolute atomic E-state index is 0.179. The molecule has 4 nitrogen and oxygen atoms in total. The number of hydrogen-bond acceptors (Lipinski definition) is 3. The molecule has 2 N–H and O–H groups in total. The molecule has 1 aliphatic heterocycles. The third-order valence-electron chi connectivity index (χ3n) is 4.06. The van der Waals surface area contributed by atoms with Crippen molar-refractivity contribution in [1.29, 1.82) is 0 Å². The van der Waals surface area contributed by atoms with E-state index in [9.17, 15) is 4.79 Å². The average Bonchev–Trinajstić information content (AvgIpc) is 2.44. The number of aryl methyl sites for hydroxylation is 1. The number of hydrogen-bond donors (Lipinski definition) is 1. The van der Waals surface area contributed by atoms with Gasteiger partial charge in [0.2, 0.25) is 0 Å². The molecule has 1 aliphatic rings. The number of rotatable bonds is 3. The second-order valence-corrected chi connectivity index (χ2v) is 7.19. The van der Waals surface area contributed by atoms with Gasteiger partial charge in [-0.05, 0) is 70.1 Å². The molecule has 1 saturated heterocycles. The van der Waals surface area contributed by atoms with Gasteiger partial charge in [0.25, 0.3) is 0 Å². The van der Waals surface area contributed by atoms with Crippen molar-refractivity contribution < 1.29 is 9.53 Å². The number of carbonyl (C=O) groups excluding carboxylic acids is 1. The van der Waals surface area contributed by atoms with E-state index in [-0.39, 0.29) is 6.09 Å². The molecule has 2 rings (SSSR count). The van der Waals surface area contributed by atoms with Gasteiger partial charge in [0, 0.05) is 18.8 Å². The van der Waals surface area contributed by atoms with Crippen LogP contribution in [0.3, 0.4) is 0 Å². The molecule has 0 aliphatic carbocycles. The topological polar surface area (TPSA) is 55.6 Å². The highest BCUT2D eigenvalue weighted by atomic mass is 16.6. The maximum atomic E-state index is 12.0. The summed E-state index contributed by atoms with van der Waals surface area (Å²) in [4.78, 5) is 13.9. The van der Waals surface area contributed by atoms with Gasteiger partial charge >= 0.3 is 6.09 Å². The number of benzene rings is 1. The summed E-state index contributed by atoms with van der Waals surface area (Å²) in [5.74, 6) is 0.681. The van der Waals surface area contributed by atoms with Gasteiger partial charge in [-0.25, -0.2) is 4.79 Å². The highest BCUT2D eigenvalue weighted by molar-refractivity contribution is 5.68. The largest absolute Gasteiger partial charge is 0.444 e. The zero-order valence-electron chi connectivity index (χ0n) is 14.0. The van der Waals surface area contributed by atoms with E-state index in [0.717, 1.165) is 44.5 Å². The Labute approximate surface area is 133 Å². The van der Waals surface area contributed by atoms with Gasteiger partial charge in [0.15, 0.2) is 0 Å². The van der Waals surface area contributed by atoms with E-state index in [4.69, 9.17) is 10.5 Å². The number of piperidine rings is 1. The summed E-state index contributed by atoms with van der Waals surface area (Å²) < 4.78 is 5.43. The Kier molecular flexibility index (Phi) is 5.33. The first-order valence-electron chi connectivity index (χ1n) is 8.16. The highest BCUT2D eigenvalue weighted by Gasteiger charge is 2.26. The molecular weight excluding hydrogens is 276 g/mol. The van der Waals surface area contributed by atoms with Crippen molar-refractivity contribution in [3.8, 4) is 0 Å². The summed E-state index contributed by atoms with van der Waals surface area (Å²) >= 11 is 0. The highest BCUT2D eigenvalue weighted by Crippen LogP contribution is 2.24. The van der Waals surface area contributed by atoms with Crippen molar-refractivity contribution in [2.75, 3.05) is 18.8 Å². The molecule has 0 atom stereocenters. The molecule has 1 fully saturated rings. The van der Waals surface area contributed by atoms with E-state index in [2.05, 4.69) is 12.1 Å². The fourth-order valence-corrected chi connectivity index (χ4v) is 2.85. The molecule has 0 saturated carbocycles. The zero-order valence-corrected chi connectivity index (χ0v) is 14.0. The lowest BCUT2D eigenvalue weighted by atomic mass is 9.90. The van der Waals surface area contributed by atoms with Gasteiger partial charge in [0.05, 0.1) is 0 Å². The van der Waals surface area contributed by atoms with Crippen molar-refractivity contribution >= 4 is 11.8 Å². The first-order chi connectivity index (χ1) is 10.3. The molecule has 1 aromatic rings. The van der Waals surface area contributed by atoms with Gasteiger partial charge in [-0.3, -0.25) is 0 Å². The summed E-state index contributed by atoms with van der Waals surface area (Å²) in [6, 6.07) is 8.11. The summed E-state index contributed by atoms with van der Waals surface area (Å²) in [6.07, 6.45) is 4.15. The monoisotopic (exact) mass is 304 g/mol. The fourth-order valence-electron chi connectivity index (χ4n) is 2.85. The van der Waals surface area contributed by atoms with Crippen LogP contribution in [0.1, 0.15) is 45.6 Å². The predicted molar refractivity (Wildman–Crippen MR) is 89.7 cm³/mol. The van der Waals surface area contributed by atoms with Gasteiger partial charge in [-0.1, -0.05) is 12.1 Å². The van der Waals surface area contributed by atoms with Crippen LogP contribution in [0.25, 0.3) is 0 Å². The maximum absolute atomic E-state index is 12.0. The maximum Gasteiger partial charge on any atom is 0.410 e. The van der Waals surface area contributed by atoms with Gasteiger partial charge in [0.1, 0.15) is 5.60 Å². The third-order valence-corrected chi connectivity index (χ3v) is 4.06. The first-order valence-corrected chi connectivity index (χ1v) is 8.16. The van der Waals surface area contributed by atoms with Crippen LogP contribution in [0.5, 0.6) is 0 Å². The number of ether oxygens (including phenoxy) is 1. The third kappa shape index (κ3) is 5.24. The second kappa shape index (κ2) is 7.03. The fraction of sp³-hybridized carbons (Fsp3) is 0.611. The van der Waals surface area contributed by atoms with Gasteiger partial charge < -0.3 is 15.4 Å². The van der Waals surface area contributed by atoms with E-state index in [1.165, 1.54) is 5.56 Å². The Morgan fingerprint density at radius 3 is 2.59 bits per heavy atom. The molecule has 0 bridgehead atoms. The quantitative estimate of drug-likeness (QED) is 0.863. The van der Waals surface area contributed by atoms with Gasteiger partial charge in [-0.2, -0.15) is 0 Å². The smallest absolute Gasteiger partial charge is 0.410 e. The number of nitrogens with zero attached hydrogens (tertiary/aromatic N) is 1. The number of anilines is 1. The summed E-state index contributed by atoms with van der Waals surface area (Å²) in [5.41, 5.74) is 7.53. The first kappa shape index (κ1) is 16.7. The molecule has 4 heteroatoms. The molecule has 1 aromatic carbocycles. The average molecular weight is 304 g/mol. The minimum Gasteiger partial charge on any atom is -0.444 e. The predicted octanol–water partition coefficient (Wildman–Crippen LogP) is 3.85. The molecule has 122 valence electrons. The lowest BCUT2D eigenvalue weighted by molar-refractivity contribution is 0.0181. The van der Waals surface area contributed by atoms with Crippen LogP contribution in [0.4, 0.5) is 10.5 Å². The van der Waals surface area contributed by atoms with E-state index in [0.29, 0.717) is 5.92 Å². The van der Waals surface area contributed by atoms with E-state index in [1.807, 2.05) is 37.8 Å². The number of nitrogen functional groups attached to an aromatic ring is 1. The van der Waals surface area contributed by atoms with E-state index >= 15 is 0 Å². The number of likely N-dealkylation sites (tertiary alicyclic amines) is 1. The van der Waals surface area contributed by atoms with Crippen LogP contribution >= 0.6 is 0 Å². The Bertz CT molecular complexity index is 500. The van der Waals surface area contributed by atoms with Crippen molar-refractivity contribution in [2.24, 2.45) is 5.92 Å². The normalized spacial score (nSPS) is 16.6. The van der Waals surface area contributed by atoms with E-state index in [1.54, 1.807) is 0 Å². The van der Waals surface area contributed by atoms with Crippen molar-refractivity contribution in [1.82, 2.24) is 4.90 Å². The SMILES string of the molecule is CC(C)(C)OC(=O)N1CCC(CCc2cccc(N)c2)CC1. The number of nitrogens with two attached hydrogens (primary N) is 1. The lowest BCUT2D eigenvalue weighted by Gasteiger charge is -2.33. The van der Waals surface area contributed by atoms with Crippen LogP contribution in [-0.2, 0) is 11.2 Å². The molecule has 0 spiro atoms. The molecule has 22 heavy (non-hydrogen) atoms. The molecular formula is C18H28N2O2. The zero-order chi connectivity index (χ0) is 16.2. The lowest BCUT2D eigenvalue weighted by Crippen LogP contribution is -2.41. The Hall–Kier alpha value is -1.71. The minimum atomic E-state index is -0.416. The summed E-state index contributed by atoms with van der Waals surface area (Å²) in [5, 5.41) is 0. The summed E-state index contributed by atoms with van der Waals surface area (Å²) in [6.45, 7) is 7.32. The van der Waals surface area contributed by atoms with Crippen molar-refractivity contribution in [2.45, 2.75) is 52.1 Å². The standard InChI is InChI=1S/C18H28N2O2/c1-18(2,3)22-17(21)20-11-9-14(10-12-20)7-8-15-5-4-6-16(19)13-15/h4-6,13-14H,7-12,19H2,1-3H3. The molecule has 0 aromatic heterocycles.